The van der Waals surface area contributed by atoms with Gasteiger partial charge in [-0.1, -0.05) is 0 Å². The third kappa shape index (κ3) is 4.75. The summed E-state index contributed by atoms with van der Waals surface area (Å²) in [5.74, 6) is -41.1. The van der Waals surface area contributed by atoms with Gasteiger partial charge in [0.25, 0.3) is 0 Å². The van der Waals surface area contributed by atoms with E-state index in [0.717, 1.165) is 0 Å². The first-order valence-corrected chi connectivity index (χ1v) is 7.47. The molecule has 30 heavy (non-hydrogen) atoms. The summed E-state index contributed by atoms with van der Waals surface area (Å²) in [4.78, 5) is 0. The molecule has 0 saturated heterocycles. The molecule has 0 saturated carbocycles. The summed E-state index contributed by atoms with van der Waals surface area (Å²) in [5.41, 5.74) is 0. The predicted molar refractivity (Wildman–Crippen MR) is 54.9 cm³/mol. The van der Waals surface area contributed by atoms with Crippen LogP contribution in [0.25, 0.3) is 0 Å². The van der Waals surface area contributed by atoms with E-state index in [2.05, 4.69) is 0 Å². The Hall–Kier alpha value is -0.210. The Bertz CT molecular complexity index is 714. The molecule has 0 aliphatic carbocycles. The van der Waals surface area contributed by atoms with Crippen molar-refractivity contribution in [3.63, 3.8) is 0 Å². The smallest absolute Gasteiger partial charge is 0.743 e. The molecule has 0 fully saturated rings. The molecule has 3 nitrogen and oxygen atoms in total. The van der Waals surface area contributed by atoms with Gasteiger partial charge in [0.15, 0.2) is 16.3 Å². The number of alkyl halides is 16. The fourth-order valence-corrected chi connectivity index (χ4v) is 1.91. The van der Waals surface area contributed by atoms with Crippen LogP contribution in [0.15, 0.2) is 0 Å². The van der Waals surface area contributed by atoms with E-state index in [9.17, 15) is 83.2 Å². The van der Waals surface area contributed by atoms with Crippen LogP contribution < -0.4 is 29.6 Å². The normalized spacial score (nSPS) is 16.8. The summed E-state index contributed by atoms with van der Waals surface area (Å²) < 4.78 is 234. The van der Waals surface area contributed by atoms with Crippen molar-refractivity contribution in [2.45, 2.75) is 53.6 Å². The molecule has 0 N–H and O–H groups in total. The van der Waals surface area contributed by atoms with Gasteiger partial charge in [-0.3, -0.25) is 0 Å². The van der Waals surface area contributed by atoms with Crippen molar-refractivity contribution in [1.29, 1.82) is 0 Å². The molecular weight excluding hydrogens is 515 g/mol. The van der Waals surface area contributed by atoms with E-state index in [-0.39, 0.29) is 29.6 Å². The molecular formula is C9H3F16NaO3S. The Morgan fingerprint density at radius 2 is 0.933 bits per heavy atom. The van der Waals surface area contributed by atoms with Crippen LogP contribution in [0.4, 0.5) is 70.2 Å². The van der Waals surface area contributed by atoms with E-state index >= 15 is 0 Å². The average molecular weight is 518 g/mol. The van der Waals surface area contributed by atoms with Gasteiger partial charge in [-0.05, 0) is 0 Å². The molecule has 0 rings (SSSR count). The first-order chi connectivity index (χ1) is 12.1. The number of rotatable bonds is 8. The Morgan fingerprint density at radius 3 is 1.20 bits per heavy atom. The minimum atomic E-state index is -8.54. The zero-order valence-electron chi connectivity index (χ0n) is 13.5. The van der Waals surface area contributed by atoms with Crippen LogP contribution in [-0.4, -0.2) is 60.2 Å². The van der Waals surface area contributed by atoms with E-state index in [1.165, 1.54) is 0 Å². The third-order valence-electron chi connectivity index (χ3n) is 3.09. The van der Waals surface area contributed by atoms with Crippen LogP contribution in [0.1, 0.15) is 6.42 Å². The van der Waals surface area contributed by atoms with E-state index in [1.807, 2.05) is 0 Å². The molecule has 0 radical (unpaired) electrons. The van der Waals surface area contributed by atoms with Crippen molar-refractivity contribution in [1.82, 2.24) is 0 Å². The van der Waals surface area contributed by atoms with E-state index in [1.54, 1.807) is 0 Å². The van der Waals surface area contributed by atoms with Gasteiger partial charge < -0.3 is 4.55 Å². The standard InChI is InChI=1S/C9H4F16O3S.Na/c10-2(1-3(11,12)13)4(14,15)5(16,17)6(18,19)7(20,21)8(22,23)9(24,25)29(26,27)28;/h2H,1H2,(H,26,27,28);/q;+1/p-1. The molecule has 0 spiro atoms. The van der Waals surface area contributed by atoms with Gasteiger partial charge in [0, 0.05) is 0 Å². The van der Waals surface area contributed by atoms with Gasteiger partial charge in [-0.15, -0.1) is 0 Å². The molecule has 176 valence electrons. The fraction of sp³-hybridized carbons (Fsp3) is 1.00. The topological polar surface area (TPSA) is 57.2 Å². The number of hydrogen-bond donors (Lipinski definition) is 0. The Labute approximate surface area is 176 Å². The predicted octanol–water partition coefficient (Wildman–Crippen LogP) is 1.60. The van der Waals surface area contributed by atoms with E-state index in [4.69, 9.17) is 0 Å². The molecule has 1 unspecified atom stereocenters. The molecule has 21 heteroatoms. The largest absolute Gasteiger partial charge is 1.00 e. The Balaban J connectivity index is 0. The second kappa shape index (κ2) is 8.29. The minimum absolute atomic E-state index is 0. The van der Waals surface area contributed by atoms with E-state index in [0.29, 0.717) is 0 Å². The van der Waals surface area contributed by atoms with Crippen LogP contribution >= 0.6 is 0 Å². The van der Waals surface area contributed by atoms with Crippen LogP contribution in [0.5, 0.6) is 0 Å². The van der Waals surface area contributed by atoms with Gasteiger partial charge in [0.2, 0.25) is 0 Å². The summed E-state index contributed by atoms with van der Waals surface area (Å²) in [5, 5.41) is -7.81. The van der Waals surface area contributed by atoms with Gasteiger partial charge in [-0.25, -0.2) is 12.8 Å². The maximum absolute atomic E-state index is 13.1. The number of hydrogen-bond acceptors (Lipinski definition) is 3. The third-order valence-corrected chi connectivity index (χ3v) is 3.97. The van der Waals surface area contributed by atoms with Crippen molar-refractivity contribution in [3.05, 3.63) is 0 Å². The molecule has 0 amide bonds. The number of halogens is 16. The van der Waals surface area contributed by atoms with Crippen LogP contribution in [0.2, 0.25) is 0 Å². The maximum Gasteiger partial charge on any atom is 1.00 e. The average Bonchev–Trinajstić information content (AvgIpc) is 2.42. The molecule has 0 aliphatic rings. The summed E-state index contributed by atoms with van der Waals surface area (Å²) in [6.07, 6.45) is -15.3. The van der Waals surface area contributed by atoms with Gasteiger partial charge >= 0.3 is 70.6 Å². The second-order valence-corrected chi connectivity index (χ2v) is 6.60. The first kappa shape index (κ1) is 32.0. The summed E-state index contributed by atoms with van der Waals surface area (Å²) in [7, 11) is -8.03. The maximum atomic E-state index is 13.1. The summed E-state index contributed by atoms with van der Waals surface area (Å²) >= 11 is 0. The van der Waals surface area contributed by atoms with Crippen LogP contribution in [0, 0.1) is 0 Å². The monoisotopic (exact) mass is 518 g/mol. The van der Waals surface area contributed by atoms with E-state index < -0.39 is 63.8 Å². The molecule has 0 aliphatic heterocycles. The van der Waals surface area contributed by atoms with Crippen LogP contribution in [0.3, 0.4) is 0 Å². The van der Waals surface area contributed by atoms with Gasteiger partial charge in [-0.2, -0.15) is 65.9 Å². The summed E-state index contributed by atoms with van der Waals surface area (Å²) in [6, 6.07) is 0. The Kier molecular flexibility index (Phi) is 8.83. The van der Waals surface area contributed by atoms with Gasteiger partial charge in [0.05, 0.1) is 6.42 Å². The molecule has 0 bridgehead atoms. The fourth-order valence-electron chi connectivity index (χ4n) is 1.47. The quantitative estimate of drug-likeness (QED) is 0.279. The first-order valence-electron chi connectivity index (χ1n) is 6.06. The van der Waals surface area contributed by atoms with Gasteiger partial charge in [0.1, 0.15) is 0 Å². The van der Waals surface area contributed by atoms with Crippen molar-refractivity contribution in [2.75, 3.05) is 0 Å². The molecule has 0 aromatic rings. The van der Waals surface area contributed by atoms with Crippen LogP contribution in [-0.2, 0) is 10.1 Å². The van der Waals surface area contributed by atoms with Crippen molar-refractivity contribution >= 4 is 10.1 Å². The van der Waals surface area contributed by atoms with Crippen molar-refractivity contribution < 1.29 is 113 Å². The molecule has 1 atom stereocenters. The second-order valence-electron chi connectivity index (χ2n) is 5.18. The van der Waals surface area contributed by atoms with Crippen molar-refractivity contribution in [2.24, 2.45) is 0 Å². The molecule has 0 heterocycles. The zero-order chi connectivity index (χ0) is 24.3. The molecule has 0 aromatic heterocycles. The van der Waals surface area contributed by atoms with Crippen molar-refractivity contribution in [3.8, 4) is 0 Å². The molecule has 0 aromatic carbocycles. The summed E-state index contributed by atoms with van der Waals surface area (Å²) in [6.45, 7) is 0. The zero-order valence-corrected chi connectivity index (χ0v) is 16.3. The minimum Gasteiger partial charge on any atom is -0.743 e. The SMILES string of the molecule is O=S(=O)([O-])C(F)(F)C(F)(F)C(F)(F)C(F)(F)C(F)(F)C(F)(F)C(F)CC(F)(F)F.[Na+]. The Morgan fingerprint density at radius 1 is 0.633 bits per heavy atom.